The monoisotopic (exact) mass is 452 g/mol. The van der Waals surface area contributed by atoms with Crippen molar-refractivity contribution in [3.63, 3.8) is 0 Å². The van der Waals surface area contributed by atoms with Gasteiger partial charge in [0.15, 0.2) is 5.96 Å². The van der Waals surface area contributed by atoms with Crippen molar-refractivity contribution in [3.8, 4) is 0 Å². The molecule has 2 saturated carbocycles. The van der Waals surface area contributed by atoms with Crippen molar-refractivity contribution < 1.29 is 9.53 Å². The van der Waals surface area contributed by atoms with E-state index in [1.807, 2.05) is 0 Å². The van der Waals surface area contributed by atoms with Gasteiger partial charge in [0.25, 0.3) is 0 Å². The molecule has 2 aliphatic carbocycles. The minimum atomic E-state index is 0. The molecule has 0 radical (unpaired) electrons. The number of guanidine groups is 1. The summed E-state index contributed by atoms with van der Waals surface area (Å²) in [6, 6.07) is 0. The predicted molar refractivity (Wildman–Crippen MR) is 108 cm³/mol. The Morgan fingerprint density at radius 1 is 1.00 bits per heavy atom. The minimum absolute atomic E-state index is 0. The van der Waals surface area contributed by atoms with Crippen molar-refractivity contribution in [1.29, 1.82) is 0 Å². The Kier molecular flexibility index (Phi) is 11.4. The molecule has 0 bridgehead atoms. The molecule has 2 aliphatic rings. The topological polar surface area (TPSA) is 74.8 Å². The van der Waals surface area contributed by atoms with Crippen LogP contribution in [-0.4, -0.2) is 51.3 Å². The molecule has 2 fully saturated rings. The largest absolute Gasteiger partial charge is 0.378 e. The van der Waals surface area contributed by atoms with E-state index in [0.29, 0.717) is 19.2 Å². The van der Waals surface area contributed by atoms with Crippen LogP contribution in [0.3, 0.4) is 0 Å². The van der Waals surface area contributed by atoms with Gasteiger partial charge in [-0.1, -0.05) is 19.3 Å². The highest BCUT2D eigenvalue weighted by Gasteiger charge is 2.28. The van der Waals surface area contributed by atoms with Gasteiger partial charge in [-0.3, -0.25) is 9.79 Å². The number of hydrogen-bond donors (Lipinski definition) is 3. The summed E-state index contributed by atoms with van der Waals surface area (Å²) in [5, 5.41) is 9.42. The maximum Gasteiger partial charge on any atom is 0.223 e. The quantitative estimate of drug-likeness (QED) is 0.217. The molecule has 0 atom stereocenters. The molecule has 0 aliphatic heterocycles. The third kappa shape index (κ3) is 9.05. The van der Waals surface area contributed by atoms with E-state index in [1.165, 1.54) is 32.1 Å². The molecule has 7 heteroatoms. The first-order chi connectivity index (χ1) is 11.3. The summed E-state index contributed by atoms with van der Waals surface area (Å²) >= 11 is 0. The summed E-state index contributed by atoms with van der Waals surface area (Å²) in [6.07, 6.45) is 10.0. The normalized spacial score (nSPS) is 18.6. The van der Waals surface area contributed by atoms with Crippen LogP contribution < -0.4 is 16.0 Å². The van der Waals surface area contributed by atoms with E-state index in [1.54, 1.807) is 7.05 Å². The van der Waals surface area contributed by atoms with E-state index in [0.717, 1.165) is 38.4 Å². The molecule has 0 aromatic heterocycles. The van der Waals surface area contributed by atoms with Crippen molar-refractivity contribution in [2.75, 3.05) is 33.3 Å². The lowest BCUT2D eigenvalue weighted by Crippen LogP contribution is -2.42. The Morgan fingerprint density at radius 3 is 2.33 bits per heavy atom. The molecule has 0 aromatic rings. The van der Waals surface area contributed by atoms with Crippen molar-refractivity contribution in [3.05, 3.63) is 0 Å². The van der Waals surface area contributed by atoms with Gasteiger partial charge < -0.3 is 20.7 Å². The van der Waals surface area contributed by atoms with Crippen molar-refractivity contribution in [1.82, 2.24) is 16.0 Å². The van der Waals surface area contributed by atoms with Crippen LogP contribution in [-0.2, 0) is 9.53 Å². The van der Waals surface area contributed by atoms with Gasteiger partial charge in [0.05, 0.1) is 6.10 Å². The molecule has 0 spiro atoms. The summed E-state index contributed by atoms with van der Waals surface area (Å²) < 4.78 is 5.90. The first-order valence-corrected chi connectivity index (χ1v) is 9.13. The Balaban J connectivity index is 0.00000288. The number of amides is 1. The highest BCUT2D eigenvalue weighted by Crippen LogP contribution is 2.28. The van der Waals surface area contributed by atoms with Crippen LogP contribution in [0.5, 0.6) is 0 Å². The lowest BCUT2D eigenvalue weighted by molar-refractivity contribution is -0.122. The number of carbonyl (C=O) groups excluding carboxylic acids is 1. The van der Waals surface area contributed by atoms with E-state index in [4.69, 9.17) is 4.74 Å². The number of rotatable bonds is 9. The third-order valence-corrected chi connectivity index (χ3v) is 4.41. The third-order valence-electron chi connectivity index (χ3n) is 4.41. The van der Waals surface area contributed by atoms with Crippen LogP contribution in [0.1, 0.15) is 51.4 Å². The molecular weight excluding hydrogens is 419 g/mol. The summed E-state index contributed by atoms with van der Waals surface area (Å²) in [6.45, 7) is 2.99. The molecule has 140 valence electrons. The fraction of sp³-hybridized carbons (Fsp3) is 0.882. The second-order valence-corrected chi connectivity index (χ2v) is 6.48. The first kappa shape index (κ1) is 21.5. The van der Waals surface area contributed by atoms with Crippen LogP contribution >= 0.6 is 24.0 Å². The molecule has 0 heterocycles. The molecule has 6 nitrogen and oxygen atoms in total. The standard InChI is InChI=1S/C17H32N4O2.HI/c1-18-17(21-12-11-19-16(22)14-8-9-14)20-10-5-13-23-15-6-3-2-4-7-15;/h14-15H,2-13H2,1H3,(H,19,22)(H2,18,20,21);1H. The van der Waals surface area contributed by atoms with E-state index in [2.05, 4.69) is 20.9 Å². The average Bonchev–Trinajstić information content (AvgIpc) is 3.42. The van der Waals surface area contributed by atoms with Gasteiger partial charge in [-0.2, -0.15) is 0 Å². The van der Waals surface area contributed by atoms with Gasteiger partial charge >= 0.3 is 0 Å². The van der Waals surface area contributed by atoms with Crippen LogP contribution in [0.2, 0.25) is 0 Å². The second kappa shape index (κ2) is 12.7. The van der Waals surface area contributed by atoms with E-state index in [9.17, 15) is 4.79 Å². The zero-order chi connectivity index (χ0) is 16.3. The number of hydrogen-bond acceptors (Lipinski definition) is 3. The minimum Gasteiger partial charge on any atom is -0.378 e. The van der Waals surface area contributed by atoms with Crippen molar-refractivity contribution in [2.24, 2.45) is 10.9 Å². The fourth-order valence-corrected chi connectivity index (χ4v) is 2.84. The SMILES string of the molecule is CN=C(NCCCOC1CCCCC1)NCCNC(=O)C1CC1.I. The molecule has 1 amide bonds. The fourth-order valence-electron chi connectivity index (χ4n) is 2.84. The summed E-state index contributed by atoms with van der Waals surface area (Å²) in [5.74, 6) is 1.24. The van der Waals surface area contributed by atoms with Gasteiger partial charge in [0.1, 0.15) is 0 Å². The van der Waals surface area contributed by atoms with Gasteiger partial charge in [-0.25, -0.2) is 0 Å². The molecule has 0 saturated heterocycles. The average molecular weight is 452 g/mol. The highest BCUT2D eigenvalue weighted by atomic mass is 127. The Labute approximate surface area is 163 Å². The van der Waals surface area contributed by atoms with Crippen molar-refractivity contribution in [2.45, 2.75) is 57.5 Å². The zero-order valence-electron chi connectivity index (χ0n) is 14.8. The Hall–Kier alpha value is -0.570. The lowest BCUT2D eigenvalue weighted by Gasteiger charge is -2.22. The molecular formula is C17H33IN4O2. The number of nitrogens with one attached hydrogen (secondary N) is 3. The molecule has 3 N–H and O–H groups in total. The summed E-state index contributed by atoms with van der Waals surface area (Å²) in [5.41, 5.74) is 0. The van der Waals surface area contributed by atoms with E-state index < -0.39 is 0 Å². The lowest BCUT2D eigenvalue weighted by atomic mass is 9.98. The summed E-state index contributed by atoms with van der Waals surface area (Å²) in [4.78, 5) is 15.7. The number of aliphatic imine (C=N–C) groups is 1. The van der Waals surface area contributed by atoms with E-state index >= 15 is 0 Å². The van der Waals surface area contributed by atoms with Crippen LogP contribution in [0.15, 0.2) is 4.99 Å². The second-order valence-electron chi connectivity index (χ2n) is 6.48. The van der Waals surface area contributed by atoms with Crippen LogP contribution in [0.4, 0.5) is 0 Å². The Morgan fingerprint density at radius 2 is 1.67 bits per heavy atom. The van der Waals surface area contributed by atoms with Gasteiger partial charge in [0, 0.05) is 39.2 Å². The molecule has 0 unspecified atom stereocenters. The Bertz CT molecular complexity index is 383. The molecule has 24 heavy (non-hydrogen) atoms. The number of nitrogens with zero attached hydrogens (tertiary/aromatic N) is 1. The summed E-state index contributed by atoms with van der Waals surface area (Å²) in [7, 11) is 1.76. The predicted octanol–water partition coefficient (Wildman–Crippen LogP) is 2.03. The zero-order valence-corrected chi connectivity index (χ0v) is 17.1. The first-order valence-electron chi connectivity index (χ1n) is 9.13. The van der Waals surface area contributed by atoms with Gasteiger partial charge in [0.2, 0.25) is 5.91 Å². The molecule has 0 aromatic carbocycles. The smallest absolute Gasteiger partial charge is 0.223 e. The molecule has 2 rings (SSSR count). The van der Waals surface area contributed by atoms with Gasteiger partial charge in [-0.05, 0) is 32.1 Å². The maximum atomic E-state index is 11.5. The number of carbonyl (C=O) groups is 1. The number of ether oxygens (including phenoxy) is 1. The van der Waals surface area contributed by atoms with E-state index in [-0.39, 0.29) is 35.8 Å². The van der Waals surface area contributed by atoms with Crippen LogP contribution in [0, 0.1) is 5.92 Å². The highest BCUT2D eigenvalue weighted by molar-refractivity contribution is 14.0. The number of halogens is 1. The maximum absolute atomic E-state index is 11.5. The van der Waals surface area contributed by atoms with Gasteiger partial charge in [-0.15, -0.1) is 24.0 Å². The van der Waals surface area contributed by atoms with Crippen LogP contribution in [0.25, 0.3) is 0 Å². The van der Waals surface area contributed by atoms with Crippen molar-refractivity contribution >= 4 is 35.8 Å².